The van der Waals surface area contributed by atoms with Gasteiger partial charge in [-0.05, 0) is 68.8 Å². The third-order valence-corrected chi connectivity index (χ3v) is 9.07. The van der Waals surface area contributed by atoms with Gasteiger partial charge in [-0.2, -0.15) is 18.2 Å². The Morgan fingerprint density at radius 1 is 0.660 bits per heavy atom. The van der Waals surface area contributed by atoms with Gasteiger partial charge in [0.2, 0.25) is 0 Å². The number of hydrogen-bond acceptors (Lipinski definition) is 2. The van der Waals surface area contributed by atoms with E-state index in [0.29, 0.717) is 11.5 Å². The molecule has 0 radical (unpaired) electrons. The molecule has 258 valence electrons. The summed E-state index contributed by atoms with van der Waals surface area (Å²) in [4.78, 5) is 4.81. The fourth-order valence-corrected chi connectivity index (χ4v) is 6.26. The minimum atomic E-state index is -0.113. The SMILES string of the molecule is CC(C)(C)c1cccc(-[n+]2[c-]n(-c3[c-]c(Oc4[c-]c5c(cc4)c4ccccc4n5-c4cc(C(C)(C)C)ccn4)ccc3)cc2C(C)(C)C)c1.[Pt]. The zero-order valence-electron chi connectivity index (χ0n) is 30.3. The summed E-state index contributed by atoms with van der Waals surface area (Å²) < 4.78 is 12.8. The second-order valence-electron chi connectivity index (χ2n) is 16.0. The van der Waals surface area contributed by atoms with Crippen LogP contribution in [-0.4, -0.2) is 14.1 Å². The van der Waals surface area contributed by atoms with Crippen molar-refractivity contribution < 1.29 is 30.4 Å². The summed E-state index contributed by atoms with van der Waals surface area (Å²) in [5.41, 5.74) is 7.51. The van der Waals surface area contributed by atoms with Crippen LogP contribution in [0.5, 0.6) is 11.5 Å². The largest absolute Gasteiger partial charge is 0.510 e. The van der Waals surface area contributed by atoms with Gasteiger partial charge in [0, 0.05) is 50.5 Å². The van der Waals surface area contributed by atoms with Crippen LogP contribution in [0.15, 0.2) is 103 Å². The Hall–Kier alpha value is -4.47. The number of benzene rings is 4. The maximum absolute atomic E-state index is 6.48. The zero-order chi connectivity index (χ0) is 34.7. The van der Waals surface area contributed by atoms with Crippen LogP contribution in [0.2, 0.25) is 0 Å². The standard InChI is InChI=1S/C44H44N4O.Pt/c1-42(2,3)30-14-12-16-33(24-30)47-29-46(28-40(47)44(7,8)9)32-15-13-17-34(26-32)49-35-20-21-37-36-18-10-11-19-38(36)48(39(37)27-35)41-25-31(22-23-45-41)43(4,5)6;/h10-25,28H,1-9H3;/q-2;. The summed E-state index contributed by atoms with van der Waals surface area (Å²) in [6, 6.07) is 38.6. The molecule has 6 heteroatoms. The van der Waals surface area contributed by atoms with Gasteiger partial charge in [0.05, 0.1) is 11.4 Å². The number of nitrogens with zero attached hydrogens (tertiary/aromatic N) is 4. The molecule has 0 fully saturated rings. The van der Waals surface area contributed by atoms with Crippen LogP contribution in [0.25, 0.3) is 39.0 Å². The van der Waals surface area contributed by atoms with Crippen molar-refractivity contribution in [3.63, 3.8) is 0 Å². The van der Waals surface area contributed by atoms with Crippen molar-refractivity contribution in [1.29, 1.82) is 0 Å². The number of ether oxygens (including phenoxy) is 1. The van der Waals surface area contributed by atoms with E-state index in [0.717, 1.165) is 44.7 Å². The monoisotopic (exact) mass is 839 g/mol. The Kier molecular flexibility index (Phi) is 9.20. The van der Waals surface area contributed by atoms with E-state index in [9.17, 15) is 0 Å². The van der Waals surface area contributed by atoms with Gasteiger partial charge in [-0.15, -0.1) is 29.7 Å². The molecule has 0 atom stereocenters. The number of imidazole rings is 1. The Morgan fingerprint density at radius 2 is 1.36 bits per heavy atom. The summed E-state index contributed by atoms with van der Waals surface area (Å²) in [6.45, 7) is 20.1. The molecule has 0 spiro atoms. The first kappa shape index (κ1) is 35.4. The molecule has 50 heavy (non-hydrogen) atoms. The van der Waals surface area contributed by atoms with E-state index in [4.69, 9.17) is 9.72 Å². The second kappa shape index (κ2) is 13.0. The van der Waals surface area contributed by atoms with E-state index < -0.39 is 0 Å². The summed E-state index contributed by atoms with van der Waals surface area (Å²) in [5, 5.41) is 2.25. The van der Waals surface area contributed by atoms with E-state index in [1.54, 1.807) is 0 Å². The average Bonchev–Trinajstić information content (AvgIpc) is 3.65. The first-order valence-electron chi connectivity index (χ1n) is 17.0. The Balaban J connectivity index is 0.00000432. The molecule has 0 saturated heterocycles. The number of fused-ring (bicyclic) bond motifs is 3. The van der Waals surface area contributed by atoms with E-state index >= 15 is 0 Å². The van der Waals surface area contributed by atoms with Crippen molar-refractivity contribution in [2.45, 2.75) is 78.6 Å². The van der Waals surface area contributed by atoms with Crippen LogP contribution in [0, 0.1) is 18.5 Å². The minimum absolute atomic E-state index is 0. The van der Waals surface area contributed by atoms with Crippen LogP contribution in [0.3, 0.4) is 0 Å². The van der Waals surface area contributed by atoms with Crippen LogP contribution >= 0.6 is 0 Å². The molecule has 3 heterocycles. The van der Waals surface area contributed by atoms with Crippen LogP contribution in [-0.2, 0) is 37.3 Å². The molecule has 0 unspecified atom stereocenters. The van der Waals surface area contributed by atoms with E-state index in [1.807, 2.05) is 35.0 Å². The molecule has 0 N–H and O–H groups in total. The molecule has 0 amide bonds. The molecule has 7 aromatic rings. The van der Waals surface area contributed by atoms with Crippen molar-refractivity contribution in [2.24, 2.45) is 0 Å². The predicted molar refractivity (Wildman–Crippen MR) is 199 cm³/mol. The Morgan fingerprint density at radius 3 is 2.10 bits per heavy atom. The maximum Gasteiger partial charge on any atom is 0.267 e. The van der Waals surface area contributed by atoms with Gasteiger partial charge in [0.15, 0.2) is 0 Å². The fraction of sp³-hybridized carbons (Fsp3) is 0.273. The molecule has 4 aromatic carbocycles. The molecular formula is C44H44N4OPt-2. The van der Waals surface area contributed by atoms with Gasteiger partial charge in [-0.25, -0.2) is 4.98 Å². The first-order valence-corrected chi connectivity index (χ1v) is 17.0. The predicted octanol–water partition coefficient (Wildman–Crippen LogP) is 10.3. The summed E-state index contributed by atoms with van der Waals surface area (Å²) in [6.07, 6.45) is 7.64. The number of aromatic nitrogens is 4. The van der Waals surface area contributed by atoms with Crippen molar-refractivity contribution >= 4 is 21.8 Å². The molecule has 5 nitrogen and oxygen atoms in total. The fourth-order valence-electron chi connectivity index (χ4n) is 6.26. The number of pyridine rings is 1. The maximum atomic E-state index is 6.48. The van der Waals surface area contributed by atoms with Gasteiger partial charge < -0.3 is 13.9 Å². The van der Waals surface area contributed by atoms with Crippen molar-refractivity contribution in [1.82, 2.24) is 14.1 Å². The van der Waals surface area contributed by atoms with Crippen molar-refractivity contribution in [2.75, 3.05) is 0 Å². The number of rotatable bonds is 5. The molecule has 7 rings (SSSR count). The quantitative estimate of drug-likeness (QED) is 0.128. The van der Waals surface area contributed by atoms with Gasteiger partial charge in [0.1, 0.15) is 5.82 Å². The van der Waals surface area contributed by atoms with E-state index in [2.05, 4.69) is 163 Å². The second-order valence-corrected chi connectivity index (χ2v) is 16.0. The van der Waals surface area contributed by atoms with Crippen LogP contribution in [0.4, 0.5) is 0 Å². The van der Waals surface area contributed by atoms with Crippen LogP contribution in [0.1, 0.15) is 79.1 Å². The van der Waals surface area contributed by atoms with E-state index in [1.165, 1.54) is 11.1 Å². The third-order valence-electron chi connectivity index (χ3n) is 9.07. The zero-order valence-corrected chi connectivity index (χ0v) is 32.6. The summed E-state index contributed by atoms with van der Waals surface area (Å²) in [7, 11) is 0. The summed E-state index contributed by atoms with van der Waals surface area (Å²) >= 11 is 0. The normalized spacial score (nSPS) is 12.3. The van der Waals surface area contributed by atoms with Crippen molar-refractivity contribution in [3.05, 3.63) is 139 Å². The number of para-hydroxylation sites is 1. The molecule has 0 bridgehead atoms. The van der Waals surface area contributed by atoms with Gasteiger partial charge in [0.25, 0.3) is 6.33 Å². The molecule has 0 aliphatic carbocycles. The molecule has 0 aliphatic rings. The molecule has 0 aliphatic heterocycles. The van der Waals surface area contributed by atoms with E-state index in [-0.39, 0.29) is 37.3 Å². The molecule has 3 aromatic heterocycles. The van der Waals surface area contributed by atoms with Crippen LogP contribution < -0.4 is 9.30 Å². The topological polar surface area (TPSA) is 35.9 Å². The minimum Gasteiger partial charge on any atom is -0.510 e. The van der Waals surface area contributed by atoms with Gasteiger partial charge >= 0.3 is 0 Å². The third kappa shape index (κ3) is 6.81. The Bertz CT molecular complexity index is 2330. The summed E-state index contributed by atoms with van der Waals surface area (Å²) in [5.74, 6) is 2.07. The average molecular weight is 840 g/mol. The number of hydrogen-bond donors (Lipinski definition) is 0. The van der Waals surface area contributed by atoms with Gasteiger partial charge in [-0.3, -0.25) is 4.57 Å². The smallest absolute Gasteiger partial charge is 0.267 e. The van der Waals surface area contributed by atoms with Gasteiger partial charge in [-0.1, -0.05) is 98.2 Å². The van der Waals surface area contributed by atoms with Crippen molar-refractivity contribution in [3.8, 4) is 28.7 Å². The molecular weight excluding hydrogens is 796 g/mol. The first-order chi connectivity index (χ1) is 23.2. The Labute approximate surface area is 310 Å². The molecule has 0 saturated carbocycles.